The molecule has 2 aromatic carbocycles. The predicted molar refractivity (Wildman–Crippen MR) is 87.8 cm³/mol. The third kappa shape index (κ3) is 3.67. The monoisotopic (exact) mass is 373 g/mol. The van der Waals surface area contributed by atoms with Gasteiger partial charge in [0.05, 0.1) is 21.6 Å². The number of nitrogens with two attached hydrogens (primary N) is 1. The van der Waals surface area contributed by atoms with Crippen molar-refractivity contribution in [2.75, 3.05) is 7.11 Å². The molecule has 2 aromatic rings. The van der Waals surface area contributed by atoms with Crippen molar-refractivity contribution >= 4 is 39.1 Å². The predicted octanol–water partition coefficient (Wildman–Crippen LogP) is 5.01. The van der Waals surface area contributed by atoms with Gasteiger partial charge in [0.15, 0.2) is 0 Å². The molecule has 5 heteroatoms. The molecule has 1 atom stereocenters. The zero-order chi connectivity index (χ0) is 14.7. The first-order valence-corrected chi connectivity index (χ1v) is 7.59. The first kappa shape index (κ1) is 15.6. The van der Waals surface area contributed by atoms with Gasteiger partial charge in [-0.05, 0) is 57.7 Å². The molecule has 0 fully saturated rings. The maximum Gasteiger partial charge on any atom is 0.133 e. The molecular formula is C15H14BrCl2NO. The van der Waals surface area contributed by atoms with Crippen molar-refractivity contribution in [3.63, 3.8) is 0 Å². The van der Waals surface area contributed by atoms with Crippen LogP contribution in [0.3, 0.4) is 0 Å². The second-order valence-corrected chi connectivity index (χ2v) is 6.12. The number of benzene rings is 2. The highest BCUT2D eigenvalue weighted by Crippen LogP contribution is 2.29. The van der Waals surface area contributed by atoms with Crippen LogP contribution in [0.5, 0.6) is 5.75 Å². The zero-order valence-electron chi connectivity index (χ0n) is 10.9. The van der Waals surface area contributed by atoms with Gasteiger partial charge in [-0.25, -0.2) is 0 Å². The lowest BCUT2D eigenvalue weighted by Crippen LogP contribution is -2.13. The van der Waals surface area contributed by atoms with Crippen molar-refractivity contribution in [2.45, 2.75) is 12.5 Å². The molecule has 0 aliphatic heterocycles. The van der Waals surface area contributed by atoms with Crippen LogP contribution in [-0.4, -0.2) is 7.11 Å². The van der Waals surface area contributed by atoms with Gasteiger partial charge in [0.1, 0.15) is 5.75 Å². The molecule has 0 aromatic heterocycles. The minimum absolute atomic E-state index is 0.116. The van der Waals surface area contributed by atoms with Crippen LogP contribution in [-0.2, 0) is 6.42 Å². The molecule has 0 heterocycles. The van der Waals surface area contributed by atoms with E-state index in [4.69, 9.17) is 33.7 Å². The van der Waals surface area contributed by atoms with Gasteiger partial charge in [-0.15, -0.1) is 0 Å². The topological polar surface area (TPSA) is 35.2 Å². The Hall–Kier alpha value is -0.740. The number of ether oxygens (including phenoxy) is 1. The molecular weight excluding hydrogens is 361 g/mol. The Morgan fingerprint density at radius 1 is 1.15 bits per heavy atom. The Balaban J connectivity index is 2.17. The first-order valence-electron chi connectivity index (χ1n) is 6.04. The average molecular weight is 375 g/mol. The number of halogens is 3. The summed E-state index contributed by atoms with van der Waals surface area (Å²) in [6, 6.07) is 11.3. The molecule has 106 valence electrons. The highest BCUT2D eigenvalue weighted by molar-refractivity contribution is 9.10. The summed E-state index contributed by atoms with van der Waals surface area (Å²) in [5, 5.41) is 1.10. The summed E-state index contributed by atoms with van der Waals surface area (Å²) >= 11 is 15.4. The fourth-order valence-electron chi connectivity index (χ4n) is 1.95. The van der Waals surface area contributed by atoms with Gasteiger partial charge >= 0.3 is 0 Å². The van der Waals surface area contributed by atoms with Crippen LogP contribution in [0, 0.1) is 0 Å². The fourth-order valence-corrected chi connectivity index (χ4v) is 2.83. The van der Waals surface area contributed by atoms with E-state index in [9.17, 15) is 0 Å². The van der Waals surface area contributed by atoms with E-state index < -0.39 is 0 Å². The van der Waals surface area contributed by atoms with Crippen LogP contribution >= 0.6 is 39.1 Å². The summed E-state index contributed by atoms with van der Waals surface area (Å²) in [6.45, 7) is 0. The van der Waals surface area contributed by atoms with Crippen LogP contribution in [0.25, 0.3) is 0 Å². The Bertz CT molecular complexity index is 619. The summed E-state index contributed by atoms with van der Waals surface area (Å²) in [5.41, 5.74) is 8.32. The van der Waals surface area contributed by atoms with Crippen molar-refractivity contribution in [1.82, 2.24) is 0 Å². The number of hydrogen-bond donors (Lipinski definition) is 1. The van der Waals surface area contributed by atoms with Crippen molar-refractivity contribution in [3.8, 4) is 5.75 Å². The molecule has 0 amide bonds. The SMILES string of the molecule is COc1ccc(C(N)Cc2ccc(Cl)c(Cl)c2)cc1Br. The quantitative estimate of drug-likeness (QED) is 0.816. The van der Waals surface area contributed by atoms with E-state index in [0.29, 0.717) is 16.5 Å². The molecule has 1 unspecified atom stereocenters. The molecule has 0 spiro atoms. The van der Waals surface area contributed by atoms with E-state index >= 15 is 0 Å². The average Bonchev–Trinajstić information content (AvgIpc) is 2.42. The van der Waals surface area contributed by atoms with Crippen LogP contribution in [0.1, 0.15) is 17.2 Å². The van der Waals surface area contributed by atoms with Gasteiger partial charge in [0.25, 0.3) is 0 Å². The molecule has 0 radical (unpaired) electrons. The number of methoxy groups -OCH3 is 1. The van der Waals surface area contributed by atoms with Crippen LogP contribution in [0.2, 0.25) is 10.0 Å². The maximum atomic E-state index is 6.24. The lowest BCUT2D eigenvalue weighted by Gasteiger charge is -2.14. The lowest BCUT2D eigenvalue weighted by molar-refractivity contribution is 0.412. The summed E-state index contributed by atoms with van der Waals surface area (Å²) in [7, 11) is 1.63. The second-order valence-electron chi connectivity index (χ2n) is 4.45. The Morgan fingerprint density at radius 2 is 1.90 bits per heavy atom. The molecule has 0 bridgehead atoms. The van der Waals surface area contributed by atoms with Crippen LogP contribution in [0.15, 0.2) is 40.9 Å². The summed E-state index contributed by atoms with van der Waals surface area (Å²) < 4.78 is 6.10. The molecule has 2 N–H and O–H groups in total. The normalized spacial score (nSPS) is 12.2. The van der Waals surface area contributed by atoms with E-state index in [2.05, 4.69) is 15.9 Å². The van der Waals surface area contributed by atoms with Crippen molar-refractivity contribution in [3.05, 3.63) is 62.0 Å². The molecule has 0 saturated heterocycles. The van der Waals surface area contributed by atoms with Crippen molar-refractivity contribution in [2.24, 2.45) is 5.73 Å². The Morgan fingerprint density at radius 3 is 2.50 bits per heavy atom. The number of rotatable bonds is 4. The summed E-state index contributed by atoms with van der Waals surface area (Å²) in [5.74, 6) is 0.787. The molecule has 0 saturated carbocycles. The van der Waals surface area contributed by atoms with Crippen LogP contribution < -0.4 is 10.5 Å². The first-order chi connectivity index (χ1) is 9.51. The number of hydrogen-bond acceptors (Lipinski definition) is 2. The van der Waals surface area contributed by atoms with E-state index in [1.165, 1.54) is 0 Å². The van der Waals surface area contributed by atoms with E-state index in [0.717, 1.165) is 21.3 Å². The largest absolute Gasteiger partial charge is 0.496 e. The van der Waals surface area contributed by atoms with Crippen molar-refractivity contribution in [1.29, 1.82) is 0 Å². The minimum Gasteiger partial charge on any atom is -0.496 e. The van der Waals surface area contributed by atoms with Gasteiger partial charge in [-0.1, -0.05) is 35.3 Å². The molecule has 20 heavy (non-hydrogen) atoms. The Labute approximate surface area is 137 Å². The molecule has 0 aliphatic rings. The van der Waals surface area contributed by atoms with Gasteiger partial charge in [0.2, 0.25) is 0 Å². The highest BCUT2D eigenvalue weighted by Gasteiger charge is 2.10. The Kier molecular flexibility index (Phi) is 5.33. The summed E-state index contributed by atoms with van der Waals surface area (Å²) in [6.07, 6.45) is 0.690. The van der Waals surface area contributed by atoms with E-state index in [1.54, 1.807) is 13.2 Å². The van der Waals surface area contributed by atoms with Gasteiger partial charge in [-0.2, -0.15) is 0 Å². The fraction of sp³-hybridized carbons (Fsp3) is 0.200. The highest BCUT2D eigenvalue weighted by atomic mass is 79.9. The van der Waals surface area contributed by atoms with E-state index in [1.807, 2.05) is 30.3 Å². The molecule has 2 rings (SSSR count). The van der Waals surface area contributed by atoms with Crippen molar-refractivity contribution < 1.29 is 4.74 Å². The van der Waals surface area contributed by atoms with Gasteiger partial charge < -0.3 is 10.5 Å². The summed E-state index contributed by atoms with van der Waals surface area (Å²) in [4.78, 5) is 0. The van der Waals surface area contributed by atoms with Gasteiger partial charge in [-0.3, -0.25) is 0 Å². The minimum atomic E-state index is -0.116. The second kappa shape index (κ2) is 6.81. The standard InChI is InChI=1S/C15H14BrCl2NO/c1-20-15-5-3-10(8-11(15)16)14(19)7-9-2-4-12(17)13(18)6-9/h2-6,8,14H,7,19H2,1H3. The lowest BCUT2D eigenvalue weighted by atomic mass is 10.00. The molecule has 0 aliphatic carbocycles. The van der Waals surface area contributed by atoms with Crippen LogP contribution in [0.4, 0.5) is 0 Å². The zero-order valence-corrected chi connectivity index (χ0v) is 14.0. The smallest absolute Gasteiger partial charge is 0.133 e. The third-order valence-electron chi connectivity index (χ3n) is 3.04. The van der Waals surface area contributed by atoms with Gasteiger partial charge in [0, 0.05) is 6.04 Å². The third-order valence-corrected chi connectivity index (χ3v) is 4.40. The van der Waals surface area contributed by atoms with E-state index in [-0.39, 0.29) is 6.04 Å². The molecule has 2 nitrogen and oxygen atoms in total. The maximum absolute atomic E-state index is 6.24.